The van der Waals surface area contributed by atoms with Crippen molar-refractivity contribution in [3.05, 3.63) is 60.2 Å². The lowest BCUT2D eigenvalue weighted by atomic mass is 9.77. The van der Waals surface area contributed by atoms with E-state index in [4.69, 9.17) is 4.74 Å². The summed E-state index contributed by atoms with van der Waals surface area (Å²) in [5, 5.41) is 0. The Morgan fingerprint density at radius 3 is 2.45 bits per heavy atom. The van der Waals surface area contributed by atoms with Crippen LogP contribution in [0.4, 0.5) is 0 Å². The molecule has 29 heavy (non-hydrogen) atoms. The summed E-state index contributed by atoms with van der Waals surface area (Å²) in [6.45, 7) is 1.46. The zero-order valence-electron chi connectivity index (χ0n) is 17.6. The number of likely N-dealkylation sites (tertiary alicyclic amines) is 1. The van der Waals surface area contributed by atoms with Crippen LogP contribution >= 0.6 is 0 Å². The standard InChI is InChI=1S/C24H30N2O3/c1-25(2)23(28)24(14-15-26(18-24)22(27)13-16-29-3)17-20-11-7-8-12-21(20)19-9-5-4-6-10-19/h4-12H,13-18H2,1-3H3/t24-/m0/s1. The summed E-state index contributed by atoms with van der Waals surface area (Å²) in [5.41, 5.74) is 2.82. The van der Waals surface area contributed by atoms with Crippen molar-refractivity contribution in [2.24, 2.45) is 5.41 Å². The van der Waals surface area contributed by atoms with Crippen LogP contribution in [0.5, 0.6) is 0 Å². The summed E-state index contributed by atoms with van der Waals surface area (Å²) in [6, 6.07) is 18.5. The molecule has 0 spiro atoms. The van der Waals surface area contributed by atoms with Crippen LogP contribution in [0.1, 0.15) is 18.4 Å². The van der Waals surface area contributed by atoms with Crippen LogP contribution in [0.2, 0.25) is 0 Å². The minimum atomic E-state index is -0.600. The topological polar surface area (TPSA) is 49.9 Å². The van der Waals surface area contributed by atoms with Gasteiger partial charge in [-0.1, -0.05) is 54.6 Å². The highest BCUT2D eigenvalue weighted by Crippen LogP contribution is 2.38. The second-order valence-electron chi connectivity index (χ2n) is 7.99. The number of amides is 2. The van der Waals surface area contributed by atoms with Gasteiger partial charge in [0.25, 0.3) is 0 Å². The number of hydrogen-bond acceptors (Lipinski definition) is 3. The molecule has 154 valence electrons. The summed E-state index contributed by atoms with van der Waals surface area (Å²) in [5.74, 6) is 0.138. The van der Waals surface area contributed by atoms with Gasteiger partial charge in [0.1, 0.15) is 0 Å². The highest BCUT2D eigenvalue weighted by atomic mass is 16.5. The van der Waals surface area contributed by atoms with Crippen LogP contribution in [0.15, 0.2) is 54.6 Å². The lowest BCUT2D eigenvalue weighted by molar-refractivity contribution is -0.139. The van der Waals surface area contributed by atoms with Gasteiger partial charge in [-0.3, -0.25) is 9.59 Å². The molecule has 2 amide bonds. The second-order valence-corrected chi connectivity index (χ2v) is 7.99. The van der Waals surface area contributed by atoms with E-state index >= 15 is 0 Å². The molecular formula is C24H30N2O3. The van der Waals surface area contributed by atoms with Crippen LogP contribution in [-0.2, 0) is 20.7 Å². The van der Waals surface area contributed by atoms with Crippen molar-refractivity contribution in [3.8, 4) is 11.1 Å². The first kappa shape index (κ1) is 21.1. The van der Waals surface area contributed by atoms with E-state index in [-0.39, 0.29) is 11.8 Å². The lowest BCUT2D eigenvalue weighted by Crippen LogP contribution is -2.44. The summed E-state index contributed by atoms with van der Waals surface area (Å²) in [4.78, 5) is 29.3. The zero-order valence-corrected chi connectivity index (χ0v) is 17.6. The summed E-state index contributed by atoms with van der Waals surface area (Å²) in [6.07, 6.45) is 1.64. The van der Waals surface area contributed by atoms with E-state index in [1.807, 2.05) is 35.2 Å². The summed E-state index contributed by atoms with van der Waals surface area (Å²) in [7, 11) is 5.18. The number of benzene rings is 2. The van der Waals surface area contributed by atoms with E-state index < -0.39 is 5.41 Å². The lowest BCUT2D eigenvalue weighted by Gasteiger charge is -2.32. The first-order valence-electron chi connectivity index (χ1n) is 10.1. The molecule has 0 unspecified atom stereocenters. The van der Waals surface area contributed by atoms with Gasteiger partial charge in [0.15, 0.2) is 0 Å². The van der Waals surface area contributed by atoms with Crippen molar-refractivity contribution < 1.29 is 14.3 Å². The molecule has 2 aromatic carbocycles. The van der Waals surface area contributed by atoms with E-state index in [1.54, 1.807) is 26.1 Å². The molecule has 0 N–H and O–H groups in total. The van der Waals surface area contributed by atoms with Gasteiger partial charge in [0.2, 0.25) is 11.8 Å². The van der Waals surface area contributed by atoms with E-state index in [2.05, 4.69) is 24.3 Å². The molecule has 1 atom stereocenters. The number of carbonyl (C=O) groups is 2. The van der Waals surface area contributed by atoms with Crippen molar-refractivity contribution in [2.75, 3.05) is 40.9 Å². The molecule has 0 bridgehead atoms. The third-order valence-electron chi connectivity index (χ3n) is 5.72. The number of rotatable bonds is 7. The van der Waals surface area contributed by atoms with Crippen LogP contribution in [-0.4, -0.2) is 62.5 Å². The predicted molar refractivity (Wildman–Crippen MR) is 114 cm³/mol. The Labute approximate surface area is 173 Å². The van der Waals surface area contributed by atoms with Gasteiger partial charge < -0.3 is 14.5 Å². The van der Waals surface area contributed by atoms with Crippen LogP contribution in [0.25, 0.3) is 11.1 Å². The maximum atomic E-state index is 13.3. The molecule has 1 saturated heterocycles. The molecule has 2 aromatic rings. The molecule has 1 heterocycles. The number of nitrogens with zero attached hydrogens (tertiary/aromatic N) is 2. The van der Waals surface area contributed by atoms with Crippen LogP contribution in [0.3, 0.4) is 0 Å². The average molecular weight is 395 g/mol. The van der Waals surface area contributed by atoms with Gasteiger partial charge in [0, 0.05) is 34.3 Å². The van der Waals surface area contributed by atoms with Gasteiger partial charge in [-0.15, -0.1) is 0 Å². The van der Waals surface area contributed by atoms with Crippen molar-refractivity contribution in [3.63, 3.8) is 0 Å². The number of carbonyl (C=O) groups excluding carboxylic acids is 2. The van der Waals surface area contributed by atoms with E-state index in [1.165, 1.54) is 0 Å². The Morgan fingerprint density at radius 2 is 1.76 bits per heavy atom. The van der Waals surface area contributed by atoms with Crippen LogP contribution in [0, 0.1) is 5.41 Å². The van der Waals surface area contributed by atoms with Gasteiger partial charge >= 0.3 is 0 Å². The minimum Gasteiger partial charge on any atom is -0.384 e. The molecule has 3 rings (SSSR count). The smallest absolute Gasteiger partial charge is 0.230 e. The Morgan fingerprint density at radius 1 is 1.07 bits per heavy atom. The number of hydrogen-bond donors (Lipinski definition) is 0. The first-order chi connectivity index (χ1) is 14.0. The van der Waals surface area contributed by atoms with Gasteiger partial charge in [-0.25, -0.2) is 0 Å². The summed E-state index contributed by atoms with van der Waals surface area (Å²) < 4.78 is 5.05. The highest BCUT2D eigenvalue weighted by molar-refractivity contribution is 5.86. The quantitative estimate of drug-likeness (QED) is 0.724. The fourth-order valence-electron chi connectivity index (χ4n) is 4.24. The molecule has 5 heteroatoms. The second kappa shape index (κ2) is 9.23. The Hall–Kier alpha value is -2.66. The first-order valence-corrected chi connectivity index (χ1v) is 10.1. The Bertz CT molecular complexity index is 850. The molecule has 1 aliphatic heterocycles. The molecular weight excluding hydrogens is 364 g/mol. The van der Waals surface area contributed by atoms with Gasteiger partial charge in [0.05, 0.1) is 18.4 Å². The Kier molecular flexibility index (Phi) is 6.70. The van der Waals surface area contributed by atoms with Crippen LogP contribution < -0.4 is 0 Å². The molecule has 1 aliphatic rings. The van der Waals surface area contributed by atoms with Gasteiger partial charge in [-0.05, 0) is 29.5 Å². The molecule has 0 aromatic heterocycles. The van der Waals surface area contributed by atoms with E-state index in [0.717, 1.165) is 16.7 Å². The van der Waals surface area contributed by atoms with Crippen molar-refractivity contribution >= 4 is 11.8 Å². The normalized spacial score (nSPS) is 18.7. The van der Waals surface area contributed by atoms with E-state index in [0.29, 0.717) is 39.0 Å². The maximum absolute atomic E-state index is 13.3. The molecule has 1 fully saturated rings. The summed E-state index contributed by atoms with van der Waals surface area (Å²) >= 11 is 0. The van der Waals surface area contributed by atoms with Crippen molar-refractivity contribution in [2.45, 2.75) is 19.3 Å². The minimum absolute atomic E-state index is 0.0524. The maximum Gasteiger partial charge on any atom is 0.230 e. The zero-order chi connectivity index (χ0) is 20.9. The number of ether oxygens (including phenoxy) is 1. The molecule has 5 nitrogen and oxygen atoms in total. The third kappa shape index (κ3) is 4.67. The monoisotopic (exact) mass is 394 g/mol. The highest BCUT2D eigenvalue weighted by Gasteiger charge is 2.46. The van der Waals surface area contributed by atoms with Crippen molar-refractivity contribution in [1.82, 2.24) is 9.80 Å². The van der Waals surface area contributed by atoms with Gasteiger partial charge in [-0.2, -0.15) is 0 Å². The SMILES string of the molecule is COCCC(=O)N1CC[C@@](Cc2ccccc2-c2ccccc2)(C(=O)N(C)C)C1. The van der Waals surface area contributed by atoms with Crippen molar-refractivity contribution in [1.29, 1.82) is 0 Å². The van der Waals surface area contributed by atoms with E-state index in [9.17, 15) is 9.59 Å². The third-order valence-corrected chi connectivity index (χ3v) is 5.72. The molecule has 0 aliphatic carbocycles. The fourth-order valence-corrected chi connectivity index (χ4v) is 4.24. The molecule has 0 radical (unpaired) electrons. The largest absolute Gasteiger partial charge is 0.384 e. The fraction of sp³-hybridized carbons (Fsp3) is 0.417. The average Bonchev–Trinajstić information content (AvgIpc) is 3.17. The Balaban J connectivity index is 1.91. The molecule has 0 saturated carbocycles. The number of methoxy groups -OCH3 is 1. The predicted octanol–water partition coefficient (Wildman–Crippen LogP) is 3.24.